The van der Waals surface area contributed by atoms with Crippen LogP contribution in [-0.2, 0) is 9.59 Å². The summed E-state index contributed by atoms with van der Waals surface area (Å²) >= 11 is 0. The minimum Gasteiger partial charge on any atom is -0.496 e. The number of carboxylic acid groups (broad SMARTS) is 1. The van der Waals surface area contributed by atoms with Gasteiger partial charge in [-0.1, -0.05) is 0 Å². The molecule has 26 heavy (non-hydrogen) atoms. The molecular formula is C18H21N3O5. The van der Waals surface area contributed by atoms with Gasteiger partial charge in [0.1, 0.15) is 18.0 Å². The summed E-state index contributed by atoms with van der Waals surface area (Å²) < 4.78 is 5.44. The Morgan fingerprint density at radius 3 is 2.65 bits per heavy atom. The van der Waals surface area contributed by atoms with Crippen LogP contribution in [0.15, 0.2) is 23.9 Å². The average Bonchev–Trinajstić information content (AvgIpc) is 2.90. The van der Waals surface area contributed by atoms with Crippen molar-refractivity contribution in [3.8, 4) is 5.75 Å². The standard InChI is InChI=1S/C18H21N3O5/c1-26-15-10-13(20-7-3-2-4-8-20)6-5-12(15)9-14-17(24)21(11-16(22)23)18(25)19-14/h5-6,9-10H,2-4,7-8,11H2,1H3,(H,19,25)(H,22,23)/b14-9+. The molecule has 2 aliphatic heterocycles. The van der Waals surface area contributed by atoms with Crippen molar-refractivity contribution in [2.75, 3.05) is 31.6 Å². The number of methoxy groups -OCH3 is 1. The molecule has 0 bridgehead atoms. The second-order valence-corrected chi connectivity index (χ2v) is 6.25. The third kappa shape index (κ3) is 3.63. The summed E-state index contributed by atoms with van der Waals surface area (Å²) in [6, 6.07) is 4.95. The maximum absolute atomic E-state index is 12.2. The van der Waals surface area contributed by atoms with E-state index in [0.29, 0.717) is 16.2 Å². The van der Waals surface area contributed by atoms with Crippen LogP contribution < -0.4 is 15.0 Å². The third-order valence-corrected chi connectivity index (χ3v) is 4.49. The maximum atomic E-state index is 12.2. The highest BCUT2D eigenvalue weighted by Crippen LogP contribution is 2.29. The second-order valence-electron chi connectivity index (χ2n) is 6.25. The number of ether oxygens (including phenoxy) is 1. The topological polar surface area (TPSA) is 99.2 Å². The van der Waals surface area contributed by atoms with Crippen molar-refractivity contribution in [1.82, 2.24) is 10.2 Å². The largest absolute Gasteiger partial charge is 0.496 e. The molecule has 0 radical (unpaired) electrons. The van der Waals surface area contributed by atoms with Gasteiger partial charge < -0.3 is 20.1 Å². The molecule has 0 spiro atoms. The predicted octanol–water partition coefficient (Wildman–Crippen LogP) is 1.66. The van der Waals surface area contributed by atoms with Crippen molar-refractivity contribution in [1.29, 1.82) is 0 Å². The predicted molar refractivity (Wildman–Crippen MR) is 94.9 cm³/mol. The highest BCUT2D eigenvalue weighted by Gasteiger charge is 2.35. The van der Waals surface area contributed by atoms with E-state index in [1.54, 1.807) is 7.11 Å². The van der Waals surface area contributed by atoms with Crippen molar-refractivity contribution >= 4 is 29.7 Å². The summed E-state index contributed by atoms with van der Waals surface area (Å²) in [5.74, 6) is -1.34. The van der Waals surface area contributed by atoms with Crippen LogP contribution in [0.3, 0.4) is 0 Å². The molecule has 1 aromatic rings. The van der Waals surface area contributed by atoms with Crippen LogP contribution in [-0.4, -0.2) is 54.7 Å². The van der Waals surface area contributed by atoms with Crippen LogP contribution in [0.1, 0.15) is 24.8 Å². The molecule has 0 aromatic heterocycles. The monoisotopic (exact) mass is 359 g/mol. The maximum Gasteiger partial charge on any atom is 0.329 e. The van der Waals surface area contributed by atoms with Gasteiger partial charge >= 0.3 is 12.0 Å². The lowest BCUT2D eigenvalue weighted by molar-refractivity contribution is -0.140. The number of piperidine rings is 1. The van der Waals surface area contributed by atoms with Crippen molar-refractivity contribution in [2.45, 2.75) is 19.3 Å². The first-order valence-electron chi connectivity index (χ1n) is 8.49. The Kier molecular flexibility index (Phi) is 5.11. The smallest absolute Gasteiger partial charge is 0.329 e. The zero-order valence-electron chi connectivity index (χ0n) is 14.5. The number of amides is 3. The first kappa shape index (κ1) is 17.8. The van der Waals surface area contributed by atoms with Crippen molar-refractivity contribution < 1.29 is 24.2 Å². The minimum absolute atomic E-state index is 0.0280. The number of hydrogen-bond donors (Lipinski definition) is 2. The van der Waals surface area contributed by atoms with E-state index in [9.17, 15) is 14.4 Å². The first-order valence-corrected chi connectivity index (χ1v) is 8.49. The molecule has 0 unspecified atom stereocenters. The Labute approximate surface area is 151 Å². The van der Waals surface area contributed by atoms with Gasteiger partial charge in [0.05, 0.1) is 7.11 Å². The number of nitrogens with zero attached hydrogens (tertiary/aromatic N) is 2. The Morgan fingerprint density at radius 1 is 1.27 bits per heavy atom. The lowest BCUT2D eigenvalue weighted by atomic mass is 10.1. The molecule has 0 saturated carbocycles. The van der Waals surface area contributed by atoms with E-state index in [0.717, 1.165) is 31.6 Å². The van der Waals surface area contributed by atoms with Gasteiger partial charge in [-0.05, 0) is 37.5 Å². The lowest BCUT2D eigenvalue weighted by Crippen LogP contribution is -2.35. The summed E-state index contributed by atoms with van der Waals surface area (Å²) in [5.41, 5.74) is 1.72. The minimum atomic E-state index is -1.25. The van der Waals surface area contributed by atoms with Gasteiger partial charge in [0.15, 0.2) is 0 Å². The number of rotatable bonds is 5. The SMILES string of the molecule is COc1cc(N2CCCCC2)ccc1/C=C1/NC(=O)N(CC(=O)O)C1=O. The van der Waals surface area contributed by atoms with Crippen LogP contribution in [0.25, 0.3) is 6.08 Å². The van der Waals surface area contributed by atoms with Crippen LogP contribution >= 0.6 is 0 Å². The van der Waals surface area contributed by atoms with Gasteiger partial charge in [-0.25, -0.2) is 9.69 Å². The molecule has 0 atom stereocenters. The lowest BCUT2D eigenvalue weighted by Gasteiger charge is -2.29. The van der Waals surface area contributed by atoms with Gasteiger partial charge in [0.2, 0.25) is 0 Å². The molecule has 0 aliphatic carbocycles. The van der Waals surface area contributed by atoms with Gasteiger partial charge in [-0.15, -0.1) is 0 Å². The van der Waals surface area contributed by atoms with E-state index in [4.69, 9.17) is 9.84 Å². The van der Waals surface area contributed by atoms with Gasteiger partial charge in [0.25, 0.3) is 5.91 Å². The number of anilines is 1. The molecule has 3 rings (SSSR count). The molecule has 2 fully saturated rings. The van der Waals surface area contributed by atoms with Crippen molar-refractivity contribution in [3.63, 3.8) is 0 Å². The molecular weight excluding hydrogens is 338 g/mol. The summed E-state index contributed by atoms with van der Waals surface area (Å²) in [6.45, 7) is 1.33. The fourth-order valence-corrected chi connectivity index (χ4v) is 3.17. The molecule has 2 heterocycles. The normalized spacial score (nSPS) is 19.0. The highest BCUT2D eigenvalue weighted by molar-refractivity contribution is 6.15. The zero-order chi connectivity index (χ0) is 18.7. The summed E-state index contributed by atoms with van der Waals surface area (Å²) in [7, 11) is 1.54. The highest BCUT2D eigenvalue weighted by atomic mass is 16.5. The van der Waals surface area contributed by atoms with Crippen molar-refractivity contribution in [2.24, 2.45) is 0 Å². The number of imide groups is 1. The van der Waals surface area contributed by atoms with Gasteiger partial charge in [0, 0.05) is 30.4 Å². The first-order chi connectivity index (χ1) is 12.5. The third-order valence-electron chi connectivity index (χ3n) is 4.49. The Bertz CT molecular complexity index is 768. The van der Waals surface area contributed by atoms with Crippen LogP contribution in [0.2, 0.25) is 0 Å². The molecule has 2 N–H and O–H groups in total. The number of carbonyl (C=O) groups excluding carboxylic acids is 2. The van der Waals surface area contributed by atoms with E-state index < -0.39 is 24.5 Å². The fourth-order valence-electron chi connectivity index (χ4n) is 3.17. The molecule has 8 heteroatoms. The van der Waals surface area contributed by atoms with Crippen LogP contribution in [0.5, 0.6) is 5.75 Å². The van der Waals surface area contributed by atoms with Crippen LogP contribution in [0, 0.1) is 0 Å². The van der Waals surface area contributed by atoms with E-state index >= 15 is 0 Å². The van der Waals surface area contributed by atoms with E-state index in [1.165, 1.54) is 12.5 Å². The quantitative estimate of drug-likeness (QED) is 0.613. The average molecular weight is 359 g/mol. The molecule has 3 amide bonds. The van der Waals surface area contributed by atoms with Crippen LogP contribution in [0.4, 0.5) is 10.5 Å². The van der Waals surface area contributed by atoms with Crippen molar-refractivity contribution in [3.05, 3.63) is 29.5 Å². The number of carboxylic acids is 1. The number of nitrogens with one attached hydrogen (secondary N) is 1. The number of aliphatic carboxylic acids is 1. The van der Waals surface area contributed by atoms with E-state index in [1.807, 2.05) is 18.2 Å². The number of hydrogen-bond acceptors (Lipinski definition) is 5. The number of benzene rings is 1. The second kappa shape index (κ2) is 7.47. The Balaban J connectivity index is 1.85. The molecule has 2 saturated heterocycles. The van der Waals surface area contributed by atoms with Gasteiger partial charge in [-0.2, -0.15) is 0 Å². The number of carbonyl (C=O) groups is 3. The molecule has 8 nitrogen and oxygen atoms in total. The molecule has 138 valence electrons. The Morgan fingerprint density at radius 2 is 2.00 bits per heavy atom. The summed E-state index contributed by atoms with van der Waals surface area (Å²) in [6.07, 6.45) is 5.06. The van der Waals surface area contributed by atoms with E-state index in [-0.39, 0.29) is 5.70 Å². The summed E-state index contributed by atoms with van der Waals surface area (Å²) in [5, 5.41) is 11.2. The Hall–Kier alpha value is -3.03. The van der Waals surface area contributed by atoms with E-state index in [2.05, 4.69) is 10.2 Å². The van der Waals surface area contributed by atoms with Gasteiger partial charge in [-0.3, -0.25) is 9.59 Å². The number of urea groups is 1. The molecule has 1 aromatic carbocycles. The fraction of sp³-hybridized carbons (Fsp3) is 0.389. The zero-order valence-corrected chi connectivity index (χ0v) is 14.5. The summed E-state index contributed by atoms with van der Waals surface area (Å²) in [4.78, 5) is 37.7. The molecule has 2 aliphatic rings.